The molecule has 0 saturated carbocycles. The summed E-state index contributed by atoms with van der Waals surface area (Å²) in [6, 6.07) is 8.84. The third-order valence-corrected chi connectivity index (χ3v) is 2.86. The molecular weight excluding hydrogens is 278 g/mol. The summed E-state index contributed by atoms with van der Waals surface area (Å²) < 4.78 is 32.0. The first kappa shape index (κ1) is 14.9. The van der Waals surface area contributed by atoms with Crippen LogP contribution in [0.25, 0.3) is 0 Å². The molecule has 1 aromatic carbocycles. The van der Waals surface area contributed by atoms with Gasteiger partial charge in [-0.3, -0.25) is 4.79 Å². The third-order valence-electron chi connectivity index (χ3n) is 2.86. The number of carbonyl (C=O) groups is 1. The number of ether oxygens (including phenoxy) is 1. The Labute approximate surface area is 121 Å². The van der Waals surface area contributed by atoms with E-state index in [-0.39, 0.29) is 24.5 Å². The molecule has 2 rings (SSSR count). The van der Waals surface area contributed by atoms with Crippen LogP contribution in [0.2, 0.25) is 0 Å². The lowest BCUT2D eigenvalue weighted by atomic mass is 10.2. The van der Waals surface area contributed by atoms with Crippen molar-refractivity contribution >= 4 is 5.91 Å². The van der Waals surface area contributed by atoms with Gasteiger partial charge in [-0.2, -0.15) is 4.39 Å². The van der Waals surface area contributed by atoms with Crippen LogP contribution in [0, 0.1) is 11.8 Å². The van der Waals surface area contributed by atoms with Crippen molar-refractivity contribution in [2.45, 2.75) is 0 Å². The van der Waals surface area contributed by atoms with Crippen LogP contribution in [0.4, 0.5) is 8.78 Å². The summed E-state index contributed by atoms with van der Waals surface area (Å²) in [5, 5.41) is 0. The van der Waals surface area contributed by atoms with Crippen LogP contribution in [-0.2, 0) is 0 Å². The minimum Gasteiger partial charge on any atom is -0.489 e. The average molecular weight is 292 g/mol. The lowest BCUT2D eigenvalue weighted by Crippen LogP contribution is -2.31. The number of para-hydroxylation sites is 1. The standard InChI is InChI=1S/C15H14F2N2O2/c1-19(15(20)11-5-4-8-18-14(11)17)9-10-21-13-7-3-2-6-12(13)16/h2-8H,9-10H2,1H3. The molecule has 1 amide bonds. The SMILES string of the molecule is CN(CCOc1ccccc1F)C(=O)c1cccnc1F. The second-order valence-electron chi connectivity index (χ2n) is 4.35. The van der Waals surface area contributed by atoms with Crippen LogP contribution < -0.4 is 4.74 Å². The molecule has 0 radical (unpaired) electrons. The third kappa shape index (κ3) is 3.75. The minimum atomic E-state index is -0.815. The van der Waals surface area contributed by atoms with Crippen LogP contribution in [0.5, 0.6) is 5.75 Å². The lowest BCUT2D eigenvalue weighted by Gasteiger charge is -2.17. The van der Waals surface area contributed by atoms with Crippen LogP contribution in [0.3, 0.4) is 0 Å². The molecule has 1 heterocycles. The van der Waals surface area contributed by atoms with Gasteiger partial charge in [0.15, 0.2) is 11.6 Å². The molecule has 0 unspecified atom stereocenters. The Morgan fingerprint density at radius 1 is 1.24 bits per heavy atom. The Morgan fingerprint density at radius 3 is 2.71 bits per heavy atom. The summed E-state index contributed by atoms with van der Waals surface area (Å²) in [6.07, 6.45) is 1.27. The minimum absolute atomic E-state index is 0.102. The highest BCUT2D eigenvalue weighted by atomic mass is 19.1. The highest BCUT2D eigenvalue weighted by Gasteiger charge is 2.16. The molecule has 110 valence electrons. The van der Waals surface area contributed by atoms with Crippen LogP contribution >= 0.6 is 0 Å². The fourth-order valence-electron chi connectivity index (χ4n) is 1.71. The maximum absolute atomic E-state index is 13.4. The lowest BCUT2D eigenvalue weighted by molar-refractivity contribution is 0.0767. The molecule has 0 bridgehead atoms. The van der Waals surface area contributed by atoms with Gasteiger partial charge in [-0.25, -0.2) is 9.37 Å². The molecule has 0 N–H and O–H groups in total. The zero-order valence-electron chi connectivity index (χ0n) is 11.4. The van der Waals surface area contributed by atoms with Crippen LogP contribution in [0.1, 0.15) is 10.4 Å². The van der Waals surface area contributed by atoms with Gasteiger partial charge in [-0.1, -0.05) is 12.1 Å². The van der Waals surface area contributed by atoms with Crippen LogP contribution in [-0.4, -0.2) is 36.0 Å². The van der Waals surface area contributed by atoms with Gasteiger partial charge in [0, 0.05) is 13.2 Å². The number of benzene rings is 1. The quantitative estimate of drug-likeness (QED) is 0.795. The Bertz CT molecular complexity index is 635. The molecule has 0 fully saturated rings. The molecule has 0 aliphatic rings. The van der Waals surface area contributed by atoms with Crippen molar-refractivity contribution in [1.29, 1.82) is 0 Å². The predicted molar refractivity (Wildman–Crippen MR) is 73.1 cm³/mol. The number of aromatic nitrogens is 1. The van der Waals surface area contributed by atoms with E-state index in [1.807, 2.05) is 0 Å². The number of amides is 1. The van der Waals surface area contributed by atoms with Gasteiger partial charge in [0.05, 0.1) is 12.1 Å². The molecule has 0 aliphatic heterocycles. The van der Waals surface area contributed by atoms with Gasteiger partial charge >= 0.3 is 0 Å². The Kier molecular flexibility index (Phi) is 4.81. The molecule has 2 aromatic rings. The van der Waals surface area contributed by atoms with Gasteiger partial charge in [-0.05, 0) is 24.3 Å². The van der Waals surface area contributed by atoms with E-state index in [0.717, 1.165) is 0 Å². The monoisotopic (exact) mass is 292 g/mol. The first-order valence-corrected chi connectivity index (χ1v) is 6.33. The van der Waals surface area contributed by atoms with Crippen molar-refractivity contribution in [3.63, 3.8) is 0 Å². The number of carbonyl (C=O) groups excluding carboxylic acids is 1. The van der Waals surface area contributed by atoms with Gasteiger partial charge < -0.3 is 9.64 Å². The summed E-state index contributed by atoms with van der Waals surface area (Å²) in [6.45, 7) is 0.298. The van der Waals surface area contributed by atoms with Gasteiger partial charge in [-0.15, -0.1) is 0 Å². The first-order chi connectivity index (χ1) is 10.1. The van der Waals surface area contributed by atoms with E-state index < -0.39 is 17.7 Å². The number of hydrogen-bond donors (Lipinski definition) is 0. The number of nitrogens with zero attached hydrogens (tertiary/aromatic N) is 2. The van der Waals surface area contributed by atoms with E-state index >= 15 is 0 Å². The summed E-state index contributed by atoms with van der Waals surface area (Å²) in [5.41, 5.74) is -0.106. The smallest absolute Gasteiger partial charge is 0.258 e. The van der Waals surface area contributed by atoms with Crippen molar-refractivity contribution in [3.8, 4) is 5.75 Å². The Morgan fingerprint density at radius 2 is 2.00 bits per heavy atom. The molecule has 4 nitrogen and oxygen atoms in total. The van der Waals surface area contributed by atoms with Gasteiger partial charge in [0.25, 0.3) is 5.91 Å². The summed E-state index contributed by atoms with van der Waals surface area (Å²) in [4.78, 5) is 16.7. The fraction of sp³-hybridized carbons (Fsp3) is 0.200. The highest BCUT2D eigenvalue weighted by molar-refractivity contribution is 5.93. The predicted octanol–water partition coefficient (Wildman–Crippen LogP) is 2.51. The number of hydrogen-bond acceptors (Lipinski definition) is 3. The van der Waals surface area contributed by atoms with E-state index in [4.69, 9.17) is 4.74 Å². The molecule has 21 heavy (non-hydrogen) atoms. The summed E-state index contributed by atoms with van der Waals surface area (Å²) in [7, 11) is 1.51. The van der Waals surface area contributed by atoms with Crippen molar-refractivity contribution in [3.05, 3.63) is 59.9 Å². The fourth-order valence-corrected chi connectivity index (χ4v) is 1.71. The van der Waals surface area contributed by atoms with E-state index in [2.05, 4.69) is 4.98 Å². The number of rotatable bonds is 5. The maximum atomic E-state index is 13.4. The van der Waals surface area contributed by atoms with Gasteiger partial charge in [0.1, 0.15) is 6.61 Å². The Balaban J connectivity index is 1.90. The average Bonchev–Trinajstić information content (AvgIpc) is 2.49. The highest BCUT2D eigenvalue weighted by Crippen LogP contribution is 2.15. The van der Waals surface area contributed by atoms with Crippen LogP contribution in [0.15, 0.2) is 42.6 Å². The van der Waals surface area contributed by atoms with E-state index in [1.165, 1.54) is 42.4 Å². The molecule has 0 aliphatic carbocycles. The zero-order valence-corrected chi connectivity index (χ0v) is 11.4. The number of likely N-dealkylation sites (N-methyl/N-ethyl adjacent to an activating group) is 1. The topological polar surface area (TPSA) is 42.4 Å². The summed E-state index contributed by atoms with van der Waals surface area (Å²) in [5.74, 6) is -1.67. The Hall–Kier alpha value is -2.50. The zero-order chi connectivity index (χ0) is 15.2. The van der Waals surface area contributed by atoms with Crippen molar-refractivity contribution in [1.82, 2.24) is 9.88 Å². The van der Waals surface area contributed by atoms with Crippen molar-refractivity contribution in [2.24, 2.45) is 0 Å². The second-order valence-corrected chi connectivity index (χ2v) is 4.35. The molecule has 0 atom stereocenters. The largest absolute Gasteiger partial charge is 0.489 e. The normalized spacial score (nSPS) is 10.2. The molecule has 0 saturated heterocycles. The second kappa shape index (κ2) is 6.78. The van der Waals surface area contributed by atoms with Crippen molar-refractivity contribution < 1.29 is 18.3 Å². The number of halogens is 2. The molecule has 0 spiro atoms. The maximum Gasteiger partial charge on any atom is 0.258 e. The number of pyridine rings is 1. The molecular formula is C15H14F2N2O2. The van der Waals surface area contributed by atoms with E-state index in [1.54, 1.807) is 12.1 Å². The first-order valence-electron chi connectivity index (χ1n) is 6.33. The van der Waals surface area contributed by atoms with Gasteiger partial charge in [0.2, 0.25) is 5.95 Å². The summed E-state index contributed by atoms with van der Waals surface area (Å²) >= 11 is 0. The molecule has 6 heteroatoms. The van der Waals surface area contributed by atoms with E-state index in [9.17, 15) is 13.6 Å². The molecule has 1 aromatic heterocycles. The van der Waals surface area contributed by atoms with E-state index in [0.29, 0.717) is 0 Å². The van der Waals surface area contributed by atoms with Crippen molar-refractivity contribution in [2.75, 3.05) is 20.2 Å².